The first-order chi connectivity index (χ1) is 7.43. The number of ketones is 2. The quantitative estimate of drug-likeness (QED) is 0.734. The zero-order valence-corrected chi connectivity index (χ0v) is 11.0. The lowest BCUT2D eigenvalue weighted by molar-refractivity contribution is -0.131. The van der Waals surface area contributed by atoms with Gasteiger partial charge < -0.3 is 0 Å². The summed E-state index contributed by atoms with van der Waals surface area (Å²) in [5, 5.41) is 0. The van der Waals surface area contributed by atoms with E-state index in [2.05, 4.69) is 0 Å². The molecule has 0 aromatic carbocycles. The van der Waals surface area contributed by atoms with Crippen molar-refractivity contribution in [3.8, 4) is 0 Å². The van der Waals surface area contributed by atoms with Crippen LogP contribution in [0.25, 0.3) is 0 Å². The topological polar surface area (TPSA) is 34.1 Å². The van der Waals surface area contributed by atoms with Gasteiger partial charge in [-0.25, -0.2) is 0 Å². The van der Waals surface area contributed by atoms with Gasteiger partial charge >= 0.3 is 0 Å². The lowest BCUT2D eigenvalue weighted by atomic mass is 9.74. The predicted molar refractivity (Wildman–Crippen MR) is 65.1 cm³/mol. The van der Waals surface area contributed by atoms with Gasteiger partial charge in [-0.15, -0.1) is 0 Å². The summed E-state index contributed by atoms with van der Waals surface area (Å²) in [7, 11) is 0. The highest BCUT2D eigenvalue weighted by Crippen LogP contribution is 2.33. The summed E-state index contributed by atoms with van der Waals surface area (Å²) >= 11 is 0. The summed E-state index contributed by atoms with van der Waals surface area (Å²) in [6.07, 6.45) is 3.80. The van der Waals surface area contributed by atoms with Crippen LogP contribution in [0.15, 0.2) is 0 Å². The normalized spacial score (nSPS) is 26.1. The molecule has 2 heteroatoms. The average molecular weight is 224 g/mol. The second-order valence-corrected chi connectivity index (χ2v) is 5.67. The van der Waals surface area contributed by atoms with Crippen LogP contribution in [0.2, 0.25) is 0 Å². The molecular weight excluding hydrogens is 200 g/mol. The molecule has 0 aromatic rings. The molecule has 0 saturated heterocycles. The van der Waals surface area contributed by atoms with Crippen LogP contribution in [0, 0.1) is 23.7 Å². The minimum Gasteiger partial charge on any atom is -0.299 e. The van der Waals surface area contributed by atoms with Gasteiger partial charge in [0.05, 0.1) is 0 Å². The average Bonchev–Trinajstić information content (AvgIpc) is 2.26. The number of carbonyl (C=O) groups excluding carboxylic acids is 2. The van der Waals surface area contributed by atoms with Crippen LogP contribution in [0.3, 0.4) is 0 Å². The fraction of sp³-hybridized carbons (Fsp3) is 0.857. The Bertz CT molecular complexity index is 240. The minimum absolute atomic E-state index is 0.109. The van der Waals surface area contributed by atoms with Gasteiger partial charge in [0.2, 0.25) is 0 Å². The summed E-state index contributed by atoms with van der Waals surface area (Å²) in [5.41, 5.74) is 0. The Labute approximate surface area is 98.8 Å². The monoisotopic (exact) mass is 224 g/mol. The third-order valence-corrected chi connectivity index (χ3v) is 3.62. The Morgan fingerprint density at radius 2 is 1.25 bits per heavy atom. The highest BCUT2D eigenvalue weighted by molar-refractivity contribution is 5.86. The zero-order valence-electron chi connectivity index (χ0n) is 11.0. The maximum atomic E-state index is 11.9. The van der Waals surface area contributed by atoms with Crippen LogP contribution in [-0.2, 0) is 9.59 Å². The van der Waals surface area contributed by atoms with Gasteiger partial charge in [0.25, 0.3) is 0 Å². The third-order valence-electron chi connectivity index (χ3n) is 3.62. The van der Waals surface area contributed by atoms with Gasteiger partial charge in [0.1, 0.15) is 11.6 Å². The second kappa shape index (κ2) is 5.60. The fourth-order valence-corrected chi connectivity index (χ4v) is 2.65. The molecule has 92 valence electrons. The van der Waals surface area contributed by atoms with Crippen molar-refractivity contribution in [2.45, 2.75) is 53.4 Å². The summed E-state index contributed by atoms with van der Waals surface area (Å²) in [5.74, 6) is 1.20. The highest BCUT2D eigenvalue weighted by Gasteiger charge is 2.32. The van der Waals surface area contributed by atoms with Crippen molar-refractivity contribution in [3.63, 3.8) is 0 Å². The van der Waals surface area contributed by atoms with Crippen molar-refractivity contribution in [1.82, 2.24) is 0 Å². The number of carbonyl (C=O) groups is 2. The van der Waals surface area contributed by atoms with E-state index in [9.17, 15) is 9.59 Å². The predicted octanol–water partition coefficient (Wildman–Crippen LogP) is 3.24. The van der Waals surface area contributed by atoms with E-state index in [0.29, 0.717) is 11.6 Å². The first kappa shape index (κ1) is 13.4. The summed E-state index contributed by atoms with van der Waals surface area (Å²) < 4.78 is 0. The summed E-state index contributed by atoms with van der Waals surface area (Å²) in [6.45, 7) is 7.82. The smallest absolute Gasteiger partial charge is 0.138 e. The molecule has 1 aliphatic rings. The number of rotatable bonds is 4. The van der Waals surface area contributed by atoms with Crippen LogP contribution in [0.1, 0.15) is 53.4 Å². The Balaban J connectivity index is 2.60. The fourth-order valence-electron chi connectivity index (χ4n) is 2.65. The molecule has 0 heterocycles. The molecule has 0 radical (unpaired) electrons. The lowest BCUT2D eigenvalue weighted by Gasteiger charge is -2.29. The van der Waals surface area contributed by atoms with E-state index in [-0.39, 0.29) is 23.7 Å². The van der Waals surface area contributed by atoms with Crippen molar-refractivity contribution in [3.05, 3.63) is 0 Å². The number of hydrogen-bond donors (Lipinski definition) is 0. The molecule has 0 spiro atoms. The second-order valence-electron chi connectivity index (χ2n) is 5.67. The molecule has 0 unspecified atom stereocenters. The van der Waals surface area contributed by atoms with E-state index in [0.717, 1.165) is 25.7 Å². The van der Waals surface area contributed by atoms with E-state index in [1.807, 2.05) is 27.7 Å². The molecule has 1 aliphatic carbocycles. The van der Waals surface area contributed by atoms with Crippen molar-refractivity contribution in [2.75, 3.05) is 0 Å². The molecule has 0 bridgehead atoms. The molecule has 0 amide bonds. The van der Waals surface area contributed by atoms with Crippen LogP contribution in [-0.4, -0.2) is 11.6 Å². The van der Waals surface area contributed by atoms with Gasteiger partial charge in [0, 0.05) is 23.7 Å². The summed E-state index contributed by atoms with van der Waals surface area (Å²) in [6, 6.07) is 0. The molecule has 0 N–H and O–H groups in total. The van der Waals surface area contributed by atoms with Crippen LogP contribution >= 0.6 is 0 Å². The molecule has 0 aromatic heterocycles. The van der Waals surface area contributed by atoms with E-state index in [1.54, 1.807) is 0 Å². The van der Waals surface area contributed by atoms with Crippen LogP contribution in [0.4, 0.5) is 0 Å². The van der Waals surface area contributed by atoms with E-state index >= 15 is 0 Å². The highest BCUT2D eigenvalue weighted by atomic mass is 16.1. The largest absolute Gasteiger partial charge is 0.299 e. The Morgan fingerprint density at radius 1 is 0.875 bits per heavy atom. The number of Topliss-reactive ketones (excluding diaryl/α,β-unsaturated/α-hetero) is 2. The molecule has 2 atom stereocenters. The molecule has 1 fully saturated rings. The standard InChI is InChI=1S/C14H24O2/c1-9(2)13(15)11-6-5-7-12(8-11)14(16)10(3)4/h9-12H,5-8H2,1-4H3/t11-,12+. The van der Waals surface area contributed by atoms with Gasteiger partial charge in [-0.05, 0) is 19.3 Å². The van der Waals surface area contributed by atoms with Gasteiger partial charge in [0.15, 0.2) is 0 Å². The maximum absolute atomic E-state index is 11.9. The van der Waals surface area contributed by atoms with Crippen molar-refractivity contribution in [2.24, 2.45) is 23.7 Å². The number of hydrogen-bond acceptors (Lipinski definition) is 2. The molecule has 16 heavy (non-hydrogen) atoms. The molecular formula is C14H24O2. The van der Waals surface area contributed by atoms with E-state index < -0.39 is 0 Å². The van der Waals surface area contributed by atoms with Crippen LogP contribution < -0.4 is 0 Å². The van der Waals surface area contributed by atoms with Crippen molar-refractivity contribution < 1.29 is 9.59 Å². The first-order valence-electron chi connectivity index (χ1n) is 6.51. The Morgan fingerprint density at radius 3 is 1.56 bits per heavy atom. The Kier molecular flexibility index (Phi) is 4.69. The van der Waals surface area contributed by atoms with Gasteiger partial charge in [-0.2, -0.15) is 0 Å². The molecule has 2 nitrogen and oxygen atoms in total. The molecule has 0 aliphatic heterocycles. The Hall–Kier alpha value is -0.660. The first-order valence-corrected chi connectivity index (χ1v) is 6.51. The van der Waals surface area contributed by atoms with E-state index in [4.69, 9.17) is 0 Å². The minimum atomic E-state index is 0.109. The zero-order chi connectivity index (χ0) is 12.3. The molecule has 1 rings (SSSR count). The van der Waals surface area contributed by atoms with Crippen LogP contribution in [0.5, 0.6) is 0 Å². The maximum Gasteiger partial charge on any atom is 0.138 e. The SMILES string of the molecule is CC(C)C(=O)[C@@H]1CCC[C@H](C(=O)C(C)C)C1. The van der Waals surface area contributed by atoms with Crippen molar-refractivity contribution in [1.29, 1.82) is 0 Å². The summed E-state index contributed by atoms with van der Waals surface area (Å²) in [4.78, 5) is 23.8. The lowest BCUT2D eigenvalue weighted by Crippen LogP contribution is -2.31. The van der Waals surface area contributed by atoms with Gasteiger partial charge in [-0.1, -0.05) is 34.1 Å². The van der Waals surface area contributed by atoms with E-state index in [1.165, 1.54) is 0 Å². The van der Waals surface area contributed by atoms with Crippen molar-refractivity contribution >= 4 is 11.6 Å². The van der Waals surface area contributed by atoms with Gasteiger partial charge in [-0.3, -0.25) is 9.59 Å². The molecule has 1 saturated carbocycles. The third kappa shape index (κ3) is 3.16.